The zero-order valence-corrected chi connectivity index (χ0v) is 16.8. The summed E-state index contributed by atoms with van der Waals surface area (Å²) in [5, 5.41) is 3.83. The zero-order chi connectivity index (χ0) is 20.4. The van der Waals surface area contributed by atoms with Crippen LogP contribution in [0.1, 0.15) is 32.8 Å². The van der Waals surface area contributed by atoms with Crippen LogP contribution in [0.2, 0.25) is 0 Å². The summed E-state index contributed by atoms with van der Waals surface area (Å²) in [6, 6.07) is 18.7. The Bertz CT molecular complexity index is 1190. The molecule has 0 unspecified atom stereocenters. The van der Waals surface area contributed by atoms with E-state index in [1.165, 1.54) is 11.3 Å². The van der Waals surface area contributed by atoms with Crippen LogP contribution in [0.15, 0.2) is 60.7 Å². The van der Waals surface area contributed by atoms with Gasteiger partial charge in [0.05, 0.1) is 23.2 Å². The molecule has 0 aliphatic carbocycles. The van der Waals surface area contributed by atoms with Crippen molar-refractivity contribution in [2.24, 2.45) is 7.05 Å². The Balaban J connectivity index is 1.78. The summed E-state index contributed by atoms with van der Waals surface area (Å²) in [6.07, 6.45) is 0. The molecule has 0 aliphatic rings. The van der Waals surface area contributed by atoms with Gasteiger partial charge in [0.1, 0.15) is 9.88 Å². The Hall–Kier alpha value is -3.45. The van der Waals surface area contributed by atoms with Gasteiger partial charge in [-0.3, -0.25) is 4.79 Å². The molecular weight excluding hydrogens is 386 g/mol. The van der Waals surface area contributed by atoms with E-state index in [-0.39, 0.29) is 12.4 Å². The average molecular weight is 405 g/mol. The van der Waals surface area contributed by atoms with Crippen molar-refractivity contribution in [2.45, 2.75) is 6.92 Å². The zero-order valence-electron chi connectivity index (χ0n) is 16.0. The normalized spacial score (nSPS) is 10.8. The van der Waals surface area contributed by atoms with E-state index < -0.39 is 5.97 Å². The number of nitrogens with zero attached hydrogens (tertiary/aromatic N) is 2. The Kier molecular flexibility index (Phi) is 5.14. The molecule has 2 aromatic carbocycles. The monoisotopic (exact) mass is 405 g/mol. The van der Waals surface area contributed by atoms with E-state index in [2.05, 4.69) is 10.3 Å². The van der Waals surface area contributed by atoms with Crippen molar-refractivity contribution < 1.29 is 14.3 Å². The van der Waals surface area contributed by atoms with Crippen molar-refractivity contribution in [1.82, 2.24) is 9.55 Å². The number of aromatic nitrogens is 2. The minimum Gasteiger partial charge on any atom is -0.462 e. The van der Waals surface area contributed by atoms with Gasteiger partial charge in [-0.1, -0.05) is 30.3 Å². The van der Waals surface area contributed by atoms with Gasteiger partial charge in [0.15, 0.2) is 5.82 Å². The van der Waals surface area contributed by atoms with E-state index in [0.717, 1.165) is 16.7 Å². The number of carbonyl (C=O) groups is 2. The van der Waals surface area contributed by atoms with Gasteiger partial charge >= 0.3 is 5.97 Å². The van der Waals surface area contributed by atoms with Crippen molar-refractivity contribution in [3.8, 4) is 0 Å². The molecule has 29 heavy (non-hydrogen) atoms. The molecule has 2 heterocycles. The van der Waals surface area contributed by atoms with E-state index in [0.29, 0.717) is 21.3 Å². The highest BCUT2D eigenvalue weighted by Crippen LogP contribution is 2.33. The molecule has 146 valence electrons. The SMILES string of the molecule is CCOC(=O)c1cc(C(=O)c2nc3ccccc3n2C)c(Nc2ccccc2)s1. The minimum absolute atomic E-state index is 0.256. The number of para-hydroxylation sites is 3. The molecule has 4 rings (SSSR count). The number of benzene rings is 2. The number of thiophene rings is 1. The van der Waals surface area contributed by atoms with E-state index >= 15 is 0 Å². The summed E-state index contributed by atoms with van der Waals surface area (Å²) in [7, 11) is 1.81. The van der Waals surface area contributed by atoms with Crippen LogP contribution in [0.25, 0.3) is 11.0 Å². The molecular formula is C22H19N3O3S. The number of ketones is 1. The summed E-state index contributed by atoms with van der Waals surface area (Å²) in [5.74, 6) is -0.387. The fourth-order valence-corrected chi connectivity index (χ4v) is 4.05. The highest BCUT2D eigenvalue weighted by molar-refractivity contribution is 7.18. The quantitative estimate of drug-likeness (QED) is 0.369. The standard InChI is InChI=1S/C22H19N3O3S/c1-3-28-22(27)18-13-15(21(29-18)23-14-9-5-4-6-10-14)19(26)20-24-16-11-7-8-12-17(16)25(20)2/h4-13,23H,3H2,1-2H3. The highest BCUT2D eigenvalue weighted by Gasteiger charge is 2.25. The summed E-state index contributed by atoms with van der Waals surface area (Å²) in [5.41, 5.74) is 2.83. The summed E-state index contributed by atoms with van der Waals surface area (Å²) in [4.78, 5) is 30.5. The number of rotatable bonds is 6. The largest absolute Gasteiger partial charge is 0.462 e. The van der Waals surface area contributed by atoms with Gasteiger partial charge in [0.25, 0.3) is 0 Å². The van der Waals surface area contributed by atoms with Crippen LogP contribution in [-0.2, 0) is 11.8 Å². The fourth-order valence-electron chi connectivity index (χ4n) is 3.08. The molecule has 0 amide bonds. The molecule has 0 fully saturated rings. The number of fused-ring (bicyclic) bond motifs is 1. The van der Waals surface area contributed by atoms with Gasteiger partial charge in [0, 0.05) is 12.7 Å². The predicted octanol–water partition coefficient (Wildman–Crippen LogP) is 4.79. The molecule has 0 radical (unpaired) electrons. The second-order valence-electron chi connectivity index (χ2n) is 6.38. The van der Waals surface area contributed by atoms with Gasteiger partial charge in [-0.2, -0.15) is 0 Å². The minimum atomic E-state index is -0.447. The van der Waals surface area contributed by atoms with Gasteiger partial charge < -0.3 is 14.6 Å². The summed E-state index contributed by atoms with van der Waals surface area (Å²) >= 11 is 1.19. The maximum Gasteiger partial charge on any atom is 0.348 e. The number of carbonyl (C=O) groups excluding carboxylic acids is 2. The smallest absolute Gasteiger partial charge is 0.348 e. The highest BCUT2D eigenvalue weighted by atomic mass is 32.1. The molecule has 6 nitrogen and oxygen atoms in total. The fraction of sp³-hybridized carbons (Fsp3) is 0.136. The van der Waals surface area contributed by atoms with Crippen molar-refractivity contribution in [1.29, 1.82) is 0 Å². The number of hydrogen-bond donors (Lipinski definition) is 1. The molecule has 0 spiro atoms. The third kappa shape index (κ3) is 3.64. The van der Waals surface area contributed by atoms with Crippen LogP contribution in [-0.4, -0.2) is 27.9 Å². The third-order valence-electron chi connectivity index (χ3n) is 4.48. The molecule has 2 aromatic heterocycles. The van der Waals surface area contributed by atoms with Crippen molar-refractivity contribution in [3.05, 3.63) is 76.9 Å². The Labute approximate surface area is 171 Å². The van der Waals surface area contributed by atoms with Crippen LogP contribution in [0.5, 0.6) is 0 Å². The maximum atomic E-state index is 13.4. The number of hydrogen-bond acceptors (Lipinski definition) is 6. The van der Waals surface area contributed by atoms with Crippen LogP contribution >= 0.6 is 11.3 Å². The number of imidazole rings is 1. The van der Waals surface area contributed by atoms with Crippen LogP contribution in [0, 0.1) is 0 Å². The molecule has 0 saturated heterocycles. The molecule has 0 atom stereocenters. The molecule has 4 aromatic rings. The number of esters is 1. The second-order valence-corrected chi connectivity index (χ2v) is 7.43. The maximum absolute atomic E-state index is 13.4. The van der Waals surface area contributed by atoms with Gasteiger partial charge in [-0.15, -0.1) is 11.3 Å². The Morgan fingerprint density at radius 3 is 2.55 bits per heavy atom. The Morgan fingerprint density at radius 1 is 1.10 bits per heavy atom. The summed E-state index contributed by atoms with van der Waals surface area (Å²) < 4.78 is 6.88. The van der Waals surface area contributed by atoms with Crippen molar-refractivity contribution in [3.63, 3.8) is 0 Å². The molecule has 1 N–H and O–H groups in total. The van der Waals surface area contributed by atoms with E-state index in [4.69, 9.17) is 4.74 Å². The molecule has 0 aliphatic heterocycles. The predicted molar refractivity (Wildman–Crippen MR) is 114 cm³/mol. The molecule has 0 bridgehead atoms. The number of aryl methyl sites for hydroxylation is 1. The van der Waals surface area contributed by atoms with Crippen LogP contribution in [0.3, 0.4) is 0 Å². The molecule has 7 heteroatoms. The lowest BCUT2D eigenvalue weighted by molar-refractivity contribution is 0.0532. The number of anilines is 2. The van der Waals surface area contributed by atoms with Crippen molar-refractivity contribution >= 4 is 44.8 Å². The molecule has 0 saturated carbocycles. The van der Waals surface area contributed by atoms with Gasteiger partial charge in [-0.05, 0) is 37.3 Å². The summed E-state index contributed by atoms with van der Waals surface area (Å²) in [6.45, 7) is 2.02. The second kappa shape index (κ2) is 7.89. The van der Waals surface area contributed by atoms with E-state index in [1.807, 2.05) is 61.6 Å². The first-order valence-electron chi connectivity index (χ1n) is 9.17. The van der Waals surface area contributed by atoms with Crippen molar-refractivity contribution in [2.75, 3.05) is 11.9 Å². The van der Waals surface area contributed by atoms with E-state index in [9.17, 15) is 9.59 Å². The Morgan fingerprint density at radius 2 is 1.83 bits per heavy atom. The van der Waals surface area contributed by atoms with Crippen LogP contribution in [0.4, 0.5) is 10.7 Å². The lowest BCUT2D eigenvalue weighted by Gasteiger charge is -2.07. The number of ether oxygens (including phenoxy) is 1. The lowest BCUT2D eigenvalue weighted by atomic mass is 10.1. The average Bonchev–Trinajstić information content (AvgIpc) is 3.30. The first kappa shape index (κ1) is 18.9. The van der Waals surface area contributed by atoms with E-state index in [1.54, 1.807) is 17.6 Å². The number of nitrogens with one attached hydrogen (secondary N) is 1. The first-order valence-corrected chi connectivity index (χ1v) is 9.99. The van der Waals surface area contributed by atoms with Gasteiger partial charge in [0.2, 0.25) is 5.78 Å². The van der Waals surface area contributed by atoms with Gasteiger partial charge in [-0.25, -0.2) is 9.78 Å². The van der Waals surface area contributed by atoms with Crippen LogP contribution < -0.4 is 5.32 Å². The first-order chi connectivity index (χ1) is 14.1. The lowest BCUT2D eigenvalue weighted by Crippen LogP contribution is -2.10. The third-order valence-corrected chi connectivity index (χ3v) is 5.51. The topological polar surface area (TPSA) is 73.2 Å².